The number of hydrogen-bond donors (Lipinski definition) is 4. The van der Waals surface area contributed by atoms with Crippen molar-refractivity contribution < 1.29 is 28.9 Å². The largest absolute Gasteiger partial charge is 0.408 e. The zero-order valence-electron chi connectivity index (χ0n) is 9.52. The van der Waals surface area contributed by atoms with E-state index < -0.39 is 36.6 Å². The third-order valence-corrected chi connectivity index (χ3v) is 2.77. The van der Waals surface area contributed by atoms with Crippen LogP contribution >= 0.6 is 0 Å². The lowest BCUT2D eigenvalue weighted by Gasteiger charge is -2.21. The second-order valence-corrected chi connectivity index (χ2v) is 3.99. The van der Waals surface area contributed by atoms with E-state index in [4.69, 9.17) is 20.8 Å². The molecule has 0 unspecified atom stereocenters. The van der Waals surface area contributed by atoms with Crippen molar-refractivity contribution in [3.05, 3.63) is 17.9 Å². The molecule has 10 heteroatoms. The van der Waals surface area contributed by atoms with Crippen LogP contribution in [0.2, 0.25) is 0 Å². The summed E-state index contributed by atoms with van der Waals surface area (Å²) in [6, 6.07) is 1.20. The Balaban J connectivity index is 2.48. The molecule has 2 heterocycles. The summed E-state index contributed by atoms with van der Waals surface area (Å²) in [6.07, 6.45) is -4.50. The normalized spacial score (nSPS) is 30.7. The third-order valence-electron chi connectivity index (χ3n) is 2.77. The average molecular weight is 278 g/mol. The number of nitrogen functional groups attached to an aromatic ring is 1. The quantitative estimate of drug-likeness (QED) is 0.391. The monoisotopic (exact) mass is 278 g/mol. The molecule has 1 aliphatic rings. The lowest BCUT2D eigenvalue weighted by Crippen LogP contribution is -2.42. The molecule has 0 radical (unpaired) electrons. The van der Waals surface area contributed by atoms with E-state index in [-0.39, 0.29) is 5.82 Å². The first-order valence-electron chi connectivity index (χ1n) is 5.26. The van der Waals surface area contributed by atoms with Gasteiger partial charge in [0.15, 0.2) is 6.10 Å². The van der Waals surface area contributed by atoms with Crippen LogP contribution in [0.25, 0.3) is 0 Å². The molecule has 1 saturated heterocycles. The van der Waals surface area contributed by atoms with Gasteiger partial charge in [-0.1, -0.05) is 0 Å². The number of alkyl halides is 2. The predicted molar refractivity (Wildman–Crippen MR) is 55.9 cm³/mol. The summed E-state index contributed by atoms with van der Waals surface area (Å²) in [5.41, 5.74) is 4.83. The summed E-state index contributed by atoms with van der Waals surface area (Å²) in [4.78, 5) is 3.54. The maximum atomic E-state index is 13.9. The lowest BCUT2D eigenvalue weighted by molar-refractivity contribution is -0.141. The molecule has 19 heavy (non-hydrogen) atoms. The molecule has 1 aromatic heterocycles. The maximum absolute atomic E-state index is 13.9. The van der Waals surface area contributed by atoms with Crippen LogP contribution in [0.5, 0.6) is 0 Å². The first-order chi connectivity index (χ1) is 8.91. The van der Waals surface area contributed by atoms with Crippen LogP contribution in [0.15, 0.2) is 17.4 Å². The zero-order chi connectivity index (χ0) is 14.2. The van der Waals surface area contributed by atoms with E-state index >= 15 is 0 Å². The molecule has 0 amide bonds. The molecule has 2 rings (SSSR count). The van der Waals surface area contributed by atoms with Gasteiger partial charge in [0.05, 0.1) is 6.61 Å². The van der Waals surface area contributed by atoms with Crippen LogP contribution in [0.1, 0.15) is 6.23 Å². The SMILES string of the molecule is Nc1ccn([C@@H]2O[C@H](CO)[C@@H](O)C2(F)F)/c(=N/O)n1. The molecular formula is C9H12F2N4O4. The fourth-order valence-corrected chi connectivity index (χ4v) is 1.81. The van der Waals surface area contributed by atoms with Crippen molar-refractivity contribution in [1.82, 2.24) is 9.55 Å². The van der Waals surface area contributed by atoms with Gasteiger partial charge >= 0.3 is 5.92 Å². The van der Waals surface area contributed by atoms with Gasteiger partial charge in [-0.2, -0.15) is 13.8 Å². The number of rotatable bonds is 2. The van der Waals surface area contributed by atoms with E-state index in [2.05, 4.69) is 10.1 Å². The van der Waals surface area contributed by atoms with Crippen molar-refractivity contribution in [1.29, 1.82) is 0 Å². The molecule has 0 aromatic carbocycles. The van der Waals surface area contributed by atoms with Gasteiger partial charge in [-0.3, -0.25) is 4.57 Å². The van der Waals surface area contributed by atoms with Crippen molar-refractivity contribution in [2.24, 2.45) is 5.16 Å². The van der Waals surface area contributed by atoms with Crippen LogP contribution in [-0.2, 0) is 4.74 Å². The van der Waals surface area contributed by atoms with Gasteiger partial charge in [0.25, 0.3) is 5.62 Å². The Morgan fingerprint density at radius 2 is 2.26 bits per heavy atom. The highest BCUT2D eigenvalue weighted by Gasteiger charge is 2.59. The molecule has 8 nitrogen and oxygen atoms in total. The van der Waals surface area contributed by atoms with Crippen LogP contribution in [0, 0.1) is 0 Å². The molecule has 0 aliphatic carbocycles. The standard InChI is InChI=1S/C9H12F2N4O4/c10-9(11)6(17)4(3-16)19-7(9)15-2-1-5(12)13-8(15)14-18/h1-2,4,6-7,16-18H,3H2,(H2,12,13,14)/t4-,6-,7-/m1/s1. The topological polar surface area (TPSA) is 126 Å². The second kappa shape index (κ2) is 4.72. The summed E-state index contributed by atoms with van der Waals surface area (Å²) in [5, 5.41) is 29.7. The highest BCUT2D eigenvalue weighted by atomic mass is 19.3. The molecular weight excluding hydrogens is 266 g/mol. The van der Waals surface area contributed by atoms with Gasteiger partial charge in [0.1, 0.15) is 11.9 Å². The second-order valence-electron chi connectivity index (χ2n) is 3.99. The summed E-state index contributed by atoms with van der Waals surface area (Å²) >= 11 is 0. The number of nitrogens with two attached hydrogens (primary N) is 1. The van der Waals surface area contributed by atoms with Gasteiger partial charge in [-0.15, -0.1) is 0 Å². The fraction of sp³-hybridized carbons (Fsp3) is 0.556. The number of aromatic nitrogens is 2. The summed E-state index contributed by atoms with van der Waals surface area (Å²) in [5.74, 6) is -3.72. The Kier molecular flexibility index (Phi) is 3.39. The van der Waals surface area contributed by atoms with Crippen LogP contribution in [0.3, 0.4) is 0 Å². The Bertz CT molecular complexity index is 535. The Morgan fingerprint density at radius 3 is 2.79 bits per heavy atom. The van der Waals surface area contributed by atoms with Crippen molar-refractivity contribution in [2.75, 3.05) is 12.3 Å². The highest BCUT2D eigenvalue weighted by molar-refractivity contribution is 5.23. The molecule has 1 aliphatic heterocycles. The first-order valence-corrected chi connectivity index (χ1v) is 5.26. The Hall–Kier alpha value is -1.78. The van der Waals surface area contributed by atoms with E-state index in [0.717, 1.165) is 10.8 Å². The number of aliphatic hydroxyl groups excluding tert-OH is 2. The molecule has 0 bridgehead atoms. The van der Waals surface area contributed by atoms with Crippen LogP contribution in [-0.4, -0.2) is 49.7 Å². The summed E-state index contributed by atoms with van der Waals surface area (Å²) in [6.45, 7) is -0.776. The van der Waals surface area contributed by atoms with Crippen molar-refractivity contribution in [3.63, 3.8) is 0 Å². The van der Waals surface area contributed by atoms with E-state index in [1.165, 1.54) is 6.07 Å². The average Bonchev–Trinajstić information content (AvgIpc) is 2.61. The molecule has 1 aromatic rings. The molecule has 106 valence electrons. The van der Waals surface area contributed by atoms with E-state index in [1.807, 2.05) is 0 Å². The molecule has 3 atom stereocenters. The van der Waals surface area contributed by atoms with E-state index in [1.54, 1.807) is 0 Å². The number of ether oxygens (including phenoxy) is 1. The highest BCUT2D eigenvalue weighted by Crippen LogP contribution is 2.41. The first kappa shape index (κ1) is 13.6. The van der Waals surface area contributed by atoms with Gasteiger partial charge in [-0.05, 0) is 11.2 Å². The van der Waals surface area contributed by atoms with Gasteiger partial charge < -0.3 is 25.9 Å². The van der Waals surface area contributed by atoms with Gasteiger partial charge in [0, 0.05) is 6.20 Å². The minimum absolute atomic E-state index is 0.0374. The minimum atomic E-state index is -3.69. The molecule has 0 saturated carbocycles. The number of nitrogens with zero attached hydrogens (tertiary/aromatic N) is 3. The molecule has 5 N–H and O–H groups in total. The van der Waals surface area contributed by atoms with Gasteiger partial charge in [0.2, 0.25) is 6.23 Å². The smallest absolute Gasteiger partial charge is 0.320 e. The number of anilines is 1. The molecule has 0 spiro atoms. The fourth-order valence-electron chi connectivity index (χ4n) is 1.81. The maximum Gasteiger partial charge on any atom is 0.320 e. The van der Waals surface area contributed by atoms with Crippen LogP contribution < -0.4 is 11.4 Å². The Morgan fingerprint density at radius 1 is 1.58 bits per heavy atom. The van der Waals surface area contributed by atoms with Crippen LogP contribution in [0.4, 0.5) is 14.6 Å². The predicted octanol–water partition coefficient (Wildman–Crippen LogP) is -1.36. The number of aliphatic hydroxyl groups is 2. The molecule has 1 fully saturated rings. The lowest BCUT2D eigenvalue weighted by atomic mass is 10.1. The zero-order valence-corrected chi connectivity index (χ0v) is 9.52. The van der Waals surface area contributed by atoms with Crippen molar-refractivity contribution >= 4 is 5.82 Å². The van der Waals surface area contributed by atoms with E-state index in [9.17, 15) is 13.9 Å². The van der Waals surface area contributed by atoms with Crippen molar-refractivity contribution in [2.45, 2.75) is 24.4 Å². The Labute approximate surface area is 105 Å². The third kappa shape index (κ3) is 2.13. The van der Waals surface area contributed by atoms with Gasteiger partial charge in [-0.25, -0.2) is 0 Å². The summed E-state index contributed by atoms with van der Waals surface area (Å²) in [7, 11) is 0. The van der Waals surface area contributed by atoms with E-state index in [0.29, 0.717) is 0 Å². The minimum Gasteiger partial charge on any atom is -0.408 e. The number of hydrogen-bond acceptors (Lipinski definition) is 7. The van der Waals surface area contributed by atoms with Crippen molar-refractivity contribution in [3.8, 4) is 0 Å². The summed E-state index contributed by atoms with van der Waals surface area (Å²) < 4.78 is 33.3. The number of halogens is 2.